The Morgan fingerprint density at radius 3 is 2.57 bits per heavy atom. The van der Waals surface area contributed by atoms with Crippen LogP contribution in [-0.4, -0.2) is 18.1 Å². The summed E-state index contributed by atoms with van der Waals surface area (Å²) < 4.78 is 4.99. The zero-order valence-electron chi connectivity index (χ0n) is 12.5. The molecule has 2 aromatic rings. The molecule has 0 aliphatic heterocycles. The first kappa shape index (κ1) is 13.8. The first-order valence-electron chi connectivity index (χ1n) is 7.38. The van der Waals surface area contributed by atoms with Crippen LogP contribution in [0.25, 0.3) is 11.3 Å². The van der Waals surface area contributed by atoms with Gasteiger partial charge < -0.3 is 4.74 Å². The van der Waals surface area contributed by atoms with Crippen molar-refractivity contribution >= 4 is 5.97 Å². The Balaban J connectivity index is 2.26. The summed E-state index contributed by atoms with van der Waals surface area (Å²) in [7, 11) is 1.43. The molecule has 1 aliphatic carbocycles. The summed E-state index contributed by atoms with van der Waals surface area (Å²) in [6.45, 7) is 2.02. The first-order chi connectivity index (χ1) is 10.2. The van der Waals surface area contributed by atoms with Gasteiger partial charge in [0.15, 0.2) is 0 Å². The lowest BCUT2D eigenvalue weighted by molar-refractivity contribution is 0.0600. The number of methoxy groups -OCH3 is 1. The van der Waals surface area contributed by atoms with Crippen molar-refractivity contribution in [3.8, 4) is 11.3 Å². The van der Waals surface area contributed by atoms with Gasteiger partial charge in [-0.25, -0.2) is 4.79 Å². The van der Waals surface area contributed by atoms with E-state index in [1.807, 2.05) is 37.3 Å². The fraction of sp³-hybridized carbons (Fsp3) is 0.333. The number of ether oxygens (including phenoxy) is 1. The number of aromatic nitrogens is 1. The predicted molar refractivity (Wildman–Crippen MR) is 82.4 cm³/mol. The van der Waals surface area contributed by atoms with Gasteiger partial charge in [-0.3, -0.25) is 4.98 Å². The standard InChI is InChI=1S/C18H19NO2/c1-12-14-10-6-7-11-15(14)19-17(16(12)18(20)21-2)13-8-4-3-5-9-13/h3-5,8-9H,6-7,10-11H2,1-2H3. The summed E-state index contributed by atoms with van der Waals surface area (Å²) in [5.41, 5.74) is 5.75. The van der Waals surface area contributed by atoms with Gasteiger partial charge in [0.2, 0.25) is 0 Å². The molecule has 0 amide bonds. The lowest BCUT2D eigenvalue weighted by atomic mass is 9.88. The number of aryl methyl sites for hydroxylation is 1. The second kappa shape index (κ2) is 5.68. The molecule has 3 rings (SSSR count). The van der Waals surface area contributed by atoms with Crippen LogP contribution in [0.5, 0.6) is 0 Å². The van der Waals surface area contributed by atoms with Crippen LogP contribution in [0.15, 0.2) is 30.3 Å². The number of pyridine rings is 1. The largest absolute Gasteiger partial charge is 0.465 e. The van der Waals surface area contributed by atoms with E-state index in [0.717, 1.165) is 35.4 Å². The molecule has 1 aliphatic rings. The van der Waals surface area contributed by atoms with Gasteiger partial charge in [-0.15, -0.1) is 0 Å². The molecule has 0 N–H and O–H groups in total. The van der Waals surface area contributed by atoms with Gasteiger partial charge in [0.25, 0.3) is 0 Å². The maximum absolute atomic E-state index is 12.3. The lowest BCUT2D eigenvalue weighted by Gasteiger charge is -2.21. The Kier molecular flexibility index (Phi) is 3.74. The van der Waals surface area contributed by atoms with Gasteiger partial charge >= 0.3 is 5.97 Å². The Morgan fingerprint density at radius 2 is 1.86 bits per heavy atom. The first-order valence-corrected chi connectivity index (χ1v) is 7.38. The summed E-state index contributed by atoms with van der Waals surface area (Å²) in [6, 6.07) is 9.87. The van der Waals surface area contributed by atoms with E-state index in [1.54, 1.807) is 0 Å². The Morgan fingerprint density at radius 1 is 1.14 bits per heavy atom. The maximum Gasteiger partial charge on any atom is 0.340 e. The monoisotopic (exact) mass is 281 g/mol. The van der Waals surface area contributed by atoms with Crippen molar-refractivity contribution in [1.82, 2.24) is 4.98 Å². The number of hydrogen-bond donors (Lipinski definition) is 0. The molecular formula is C18H19NO2. The van der Waals surface area contributed by atoms with E-state index in [0.29, 0.717) is 5.56 Å². The zero-order chi connectivity index (χ0) is 14.8. The predicted octanol–water partition coefficient (Wildman–Crippen LogP) is 3.72. The number of benzene rings is 1. The van der Waals surface area contributed by atoms with E-state index in [4.69, 9.17) is 9.72 Å². The summed E-state index contributed by atoms with van der Waals surface area (Å²) in [4.78, 5) is 17.1. The van der Waals surface area contributed by atoms with Crippen LogP contribution >= 0.6 is 0 Å². The van der Waals surface area contributed by atoms with Crippen molar-refractivity contribution in [3.05, 3.63) is 52.7 Å². The Hall–Kier alpha value is -2.16. The van der Waals surface area contributed by atoms with Gasteiger partial charge in [-0.1, -0.05) is 30.3 Å². The summed E-state index contributed by atoms with van der Waals surface area (Å²) >= 11 is 0. The van der Waals surface area contributed by atoms with Gasteiger partial charge in [0.05, 0.1) is 18.4 Å². The van der Waals surface area contributed by atoms with Crippen LogP contribution in [0.1, 0.15) is 40.0 Å². The molecule has 1 aromatic carbocycles. The molecule has 3 nitrogen and oxygen atoms in total. The Bertz CT molecular complexity index is 677. The SMILES string of the molecule is COC(=O)c1c(-c2ccccc2)nc2c(c1C)CCCC2. The van der Waals surface area contributed by atoms with Crippen molar-refractivity contribution in [2.24, 2.45) is 0 Å². The number of rotatable bonds is 2. The van der Waals surface area contributed by atoms with Crippen LogP contribution in [-0.2, 0) is 17.6 Å². The molecule has 0 saturated heterocycles. The molecule has 0 radical (unpaired) electrons. The average Bonchev–Trinajstić information content (AvgIpc) is 2.55. The van der Waals surface area contributed by atoms with E-state index in [-0.39, 0.29) is 5.97 Å². The number of carbonyl (C=O) groups excluding carboxylic acids is 1. The third-order valence-corrected chi connectivity index (χ3v) is 4.19. The van der Waals surface area contributed by atoms with Crippen LogP contribution in [0.2, 0.25) is 0 Å². The van der Waals surface area contributed by atoms with Gasteiger partial charge in [-0.05, 0) is 43.7 Å². The van der Waals surface area contributed by atoms with Crippen molar-refractivity contribution in [1.29, 1.82) is 0 Å². The fourth-order valence-corrected chi connectivity index (χ4v) is 3.09. The molecule has 0 saturated carbocycles. The normalized spacial score (nSPS) is 13.6. The quantitative estimate of drug-likeness (QED) is 0.787. The van der Waals surface area contributed by atoms with Crippen LogP contribution < -0.4 is 0 Å². The van der Waals surface area contributed by atoms with Crippen molar-refractivity contribution in [2.75, 3.05) is 7.11 Å². The van der Waals surface area contributed by atoms with Crippen LogP contribution in [0, 0.1) is 6.92 Å². The molecule has 108 valence electrons. The smallest absolute Gasteiger partial charge is 0.340 e. The minimum atomic E-state index is -0.299. The van der Waals surface area contributed by atoms with Crippen molar-refractivity contribution in [2.45, 2.75) is 32.6 Å². The summed E-state index contributed by atoms with van der Waals surface area (Å²) in [5, 5.41) is 0. The van der Waals surface area contributed by atoms with E-state index in [9.17, 15) is 4.79 Å². The fourth-order valence-electron chi connectivity index (χ4n) is 3.09. The highest BCUT2D eigenvalue weighted by Crippen LogP contribution is 2.32. The van der Waals surface area contributed by atoms with E-state index in [2.05, 4.69) is 0 Å². The topological polar surface area (TPSA) is 39.2 Å². The molecule has 0 unspecified atom stereocenters. The highest BCUT2D eigenvalue weighted by Gasteiger charge is 2.24. The van der Waals surface area contributed by atoms with Crippen molar-refractivity contribution in [3.63, 3.8) is 0 Å². The number of hydrogen-bond acceptors (Lipinski definition) is 3. The van der Waals surface area contributed by atoms with E-state index in [1.165, 1.54) is 25.5 Å². The third-order valence-electron chi connectivity index (χ3n) is 4.19. The zero-order valence-corrected chi connectivity index (χ0v) is 12.5. The molecule has 21 heavy (non-hydrogen) atoms. The summed E-state index contributed by atoms with van der Waals surface area (Å²) in [5.74, 6) is -0.299. The highest BCUT2D eigenvalue weighted by atomic mass is 16.5. The number of fused-ring (bicyclic) bond motifs is 1. The Labute approximate surface area is 125 Å². The number of nitrogens with zero attached hydrogens (tertiary/aromatic N) is 1. The highest BCUT2D eigenvalue weighted by molar-refractivity contribution is 5.98. The second-order valence-corrected chi connectivity index (χ2v) is 5.45. The van der Waals surface area contributed by atoms with Crippen LogP contribution in [0.4, 0.5) is 0 Å². The van der Waals surface area contributed by atoms with Gasteiger partial charge in [0.1, 0.15) is 0 Å². The molecule has 0 bridgehead atoms. The second-order valence-electron chi connectivity index (χ2n) is 5.45. The number of esters is 1. The minimum Gasteiger partial charge on any atom is -0.465 e. The number of carbonyl (C=O) groups is 1. The molecule has 1 heterocycles. The van der Waals surface area contributed by atoms with E-state index >= 15 is 0 Å². The van der Waals surface area contributed by atoms with Gasteiger partial charge in [0, 0.05) is 11.3 Å². The molecule has 3 heteroatoms. The minimum absolute atomic E-state index is 0.299. The molecule has 1 aromatic heterocycles. The molecular weight excluding hydrogens is 262 g/mol. The third kappa shape index (κ3) is 2.44. The van der Waals surface area contributed by atoms with Gasteiger partial charge in [-0.2, -0.15) is 0 Å². The lowest BCUT2D eigenvalue weighted by Crippen LogP contribution is -2.15. The van der Waals surface area contributed by atoms with Crippen LogP contribution in [0.3, 0.4) is 0 Å². The molecule has 0 atom stereocenters. The average molecular weight is 281 g/mol. The van der Waals surface area contributed by atoms with Crippen molar-refractivity contribution < 1.29 is 9.53 Å². The summed E-state index contributed by atoms with van der Waals surface area (Å²) in [6.07, 6.45) is 4.34. The van der Waals surface area contributed by atoms with E-state index < -0.39 is 0 Å². The molecule has 0 fully saturated rings. The molecule has 0 spiro atoms. The maximum atomic E-state index is 12.3.